The Bertz CT molecular complexity index is 1950. The molecule has 0 bridgehead atoms. The second-order valence-electron chi connectivity index (χ2n) is 9.58. The van der Waals surface area contributed by atoms with Crippen molar-refractivity contribution >= 4 is 16.4 Å². The molecule has 9 heteroatoms. The summed E-state index contributed by atoms with van der Waals surface area (Å²) in [5, 5.41) is 6.96. The summed E-state index contributed by atoms with van der Waals surface area (Å²) in [6, 6.07) is 23.9. The largest absolute Gasteiger partial charge is 0.493 e. The Morgan fingerprint density at radius 3 is 2.24 bits per heavy atom. The molecule has 1 unspecified atom stereocenters. The van der Waals surface area contributed by atoms with Crippen molar-refractivity contribution in [2.24, 2.45) is 0 Å². The van der Waals surface area contributed by atoms with Crippen molar-refractivity contribution in [3.05, 3.63) is 95.8 Å². The number of rotatable bonds is 6. The van der Waals surface area contributed by atoms with Crippen LogP contribution < -0.4 is 23.7 Å². The van der Waals surface area contributed by atoms with E-state index in [4.69, 9.17) is 33.8 Å². The number of methoxy groups -OCH3 is 4. The monoisotopic (exact) mass is 546 g/mol. The van der Waals surface area contributed by atoms with Crippen LogP contribution in [-0.4, -0.2) is 48.0 Å². The van der Waals surface area contributed by atoms with Crippen LogP contribution in [0.25, 0.3) is 27.8 Å². The van der Waals surface area contributed by atoms with Crippen molar-refractivity contribution < 1.29 is 23.7 Å². The zero-order chi connectivity index (χ0) is 28.1. The van der Waals surface area contributed by atoms with Gasteiger partial charge in [-0.3, -0.25) is 0 Å². The molecule has 0 fully saturated rings. The summed E-state index contributed by atoms with van der Waals surface area (Å²) in [5.74, 6) is 3.97. The average Bonchev–Trinajstić information content (AvgIpc) is 3.47. The van der Waals surface area contributed by atoms with Crippen LogP contribution in [0.5, 0.6) is 34.6 Å². The van der Waals surface area contributed by atoms with E-state index in [1.54, 1.807) is 39.3 Å². The fourth-order valence-corrected chi connectivity index (χ4v) is 5.57. The SMILES string of the molecule is COc1ccc(-c2nc3c4c(ncn3n2)Oc2ccc3ccccc3c2C4c2ccc(OC)c(OC)c2)cc1OC. The highest BCUT2D eigenvalue weighted by Gasteiger charge is 2.35. The van der Waals surface area contributed by atoms with E-state index in [1.165, 1.54) is 0 Å². The van der Waals surface area contributed by atoms with E-state index in [0.717, 1.165) is 38.8 Å². The molecule has 9 nitrogen and oxygen atoms in total. The van der Waals surface area contributed by atoms with Crippen LogP contribution in [0.4, 0.5) is 0 Å². The van der Waals surface area contributed by atoms with E-state index in [9.17, 15) is 0 Å². The van der Waals surface area contributed by atoms with Crippen molar-refractivity contribution in [1.82, 2.24) is 19.6 Å². The minimum absolute atomic E-state index is 0.279. The van der Waals surface area contributed by atoms with Gasteiger partial charge in [0.2, 0.25) is 5.88 Å². The molecule has 4 aromatic carbocycles. The maximum atomic E-state index is 6.44. The first kappa shape index (κ1) is 24.7. The Labute approximate surface area is 235 Å². The number of nitrogens with zero attached hydrogens (tertiary/aromatic N) is 4. The molecule has 0 radical (unpaired) electrons. The van der Waals surface area contributed by atoms with Crippen molar-refractivity contribution in [3.63, 3.8) is 0 Å². The summed E-state index contributed by atoms with van der Waals surface area (Å²) in [6.07, 6.45) is 1.63. The highest BCUT2D eigenvalue weighted by atomic mass is 16.5. The van der Waals surface area contributed by atoms with Gasteiger partial charge in [0.05, 0.1) is 34.0 Å². The molecule has 2 aromatic heterocycles. The second-order valence-corrected chi connectivity index (χ2v) is 9.58. The lowest BCUT2D eigenvalue weighted by Crippen LogP contribution is -2.15. The van der Waals surface area contributed by atoms with Gasteiger partial charge in [-0.1, -0.05) is 36.4 Å². The molecule has 0 amide bonds. The molecule has 41 heavy (non-hydrogen) atoms. The number of hydrogen-bond donors (Lipinski definition) is 0. The standard InChI is InChI=1S/C32H26N4O5/c1-37-22-12-10-19(15-25(22)39-3)27-28-21-8-6-5-7-18(21)9-14-24(28)41-32-29(27)31-34-30(35-36(31)17-33-32)20-11-13-23(38-2)26(16-20)40-4/h5-17,27H,1-4H3. The van der Waals surface area contributed by atoms with E-state index in [2.05, 4.69) is 23.2 Å². The van der Waals surface area contributed by atoms with Crippen molar-refractivity contribution in [2.75, 3.05) is 28.4 Å². The smallest absolute Gasteiger partial charge is 0.228 e. The quantitative estimate of drug-likeness (QED) is 0.241. The predicted octanol–water partition coefficient (Wildman–Crippen LogP) is 6.26. The Morgan fingerprint density at radius 1 is 0.732 bits per heavy atom. The topological polar surface area (TPSA) is 89.2 Å². The van der Waals surface area contributed by atoms with Crippen molar-refractivity contribution in [2.45, 2.75) is 5.92 Å². The van der Waals surface area contributed by atoms with Crippen LogP contribution in [0.2, 0.25) is 0 Å². The van der Waals surface area contributed by atoms with E-state index >= 15 is 0 Å². The lowest BCUT2D eigenvalue weighted by molar-refractivity contribution is 0.354. The molecule has 0 aliphatic carbocycles. The van der Waals surface area contributed by atoms with E-state index < -0.39 is 0 Å². The third-order valence-electron chi connectivity index (χ3n) is 7.48. The van der Waals surface area contributed by atoms with Gasteiger partial charge in [0, 0.05) is 17.0 Å². The molecular weight excluding hydrogens is 520 g/mol. The molecule has 204 valence electrons. The minimum Gasteiger partial charge on any atom is -0.493 e. The van der Waals surface area contributed by atoms with E-state index in [-0.39, 0.29) is 5.92 Å². The highest BCUT2D eigenvalue weighted by Crippen LogP contribution is 2.51. The van der Waals surface area contributed by atoms with Crippen LogP contribution in [0, 0.1) is 0 Å². The average molecular weight is 547 g/mol. The zero-order valence-corrected chi connectivity index (χ0v) is 22.9. The van der Waals surface area contributed by atoms with Gasteiger partial charge < -0.3 is 23.7 Å². The zero-order valence-electron chi connectivity index (χ0n) is 22.9. The molecule has 0 saturated carbocycles. The number of aromatic nitrogens is 4. The van der Waals surface area contributed by atoms with Gasteiger partial charge in [-0.05, 0) is 52.7 Å². The summed E-state index contributed by atoms with van der Waals surface area (Å²) in [4.78, 5) is 9.70. The van der Waals surface area contributed by atoms with E-state index in [1.807, 2.05) is 54.6 Å². The van der Waals surface area contributed by atoms with Crippen LogP contribution in [-0.2, 0) is 0 Å². The molecule has 1 aliphatic heterocycles. The Kier molecular flexibility index (Phi) is 5.85. The second kappa shape index (κ2) is 9.71. The van der Waals surface area contributed by atoms with Crippen LogP contribution >= 0.6 is 0 Å². The summed E-state index contributed by atoms with van der Waals surface area (Å²) in [7, 11) is 6.47. The summed E-state index contributed by atoms with van der Waals surface area (Å²) < 4.78 is 30.3. The maximum Gasteiger partial charge on any atom is 0.228 e. The molecule has 0 spiro atoms. The Morgan fingerprint density at radius 2 is 1.46 bits per heavy atom. The number of fused-ring (bicyclic) bond motifs is 6. The molecule has 0 saturated heterocycles. The van der Waals surface area contributed by atoms with Gasteiger partial charge in [0.1, 0.15) is 12.1 Å². The first-order chi connectivity index (χ1) is 20.1. The normalized spacial score (nSPS) is 13.8. The van der Waals surface area contributed by atoms with Gasteiger partial charge in [0.25, 0.3) is 0 Å². The van der Waals surface area contributed by atoms with Gasteiger partial charge >= 0.3 is 0 Å². The third-order valence-corrected chi connectivity index (χ3v) is 7.48. The lowest BCUT2D eigenvalue weighted by atomic mass is 9.81. The molecule has 1 aliphatic rings. The van der Waals surface area contributed by atoms with Crippen molar-refractivity contribution in [3.8, 4) is 46.0 Å². The minimum atomic E-state index is -0.279. The number of hydrogen-bond acceptors (Lipinski definition) is 8. The lowest BCUT2D eigenvalue weighted by Gasteiger charge is -2.29. The summed E-state index contributed by atoms with van der Waals surface area (Å²) in [5.41, 5.74) is 4.23. The molecule has 1 atom stereocenters. The summed E-state index contributed by atoms with van der Waals surface area (Å²) >= 11 is 0. The molecule has 0 N–H and O–H groups in total. The third kappa shape index (κ3) is 3.88. The van der Waals surface area contributed by atoms with E-state index in [0.29, 0.717) is 40.3 Å². The fraction of sp³-hybridized carbons (Fsp3) is 0.156. The molecule has 3 heterocycles. The highest BCUT2D eigenvalue weighted by molar-refractivity contribution is 5.91. The predicted molar refractivity (Wildman–Crippen MR) is 154 cm³/mol. The number of benzene rings is 4. The maximum absolute atomic E-state index is 6.44. The fourth-order valence-electron chi connectivity index (χ4n) is 5.57. The van der Waals surface area contributed by atoms with Crippen LogP contribution in [0.3, 0.4) is 0 Å². The van der Waals surface area contributed by atoms with Gasteiger partial charge in [-0.15, -0.1) is 5.10 Å². The molecular formula is C32H26N4O5. The Balaban J connectivity index is 1.50. The number of ether oxygens (including phenoxy) is 5. The van der Waals surface area contributed by atoms with Crippen molar-refractivity contribution in [1.29, 1.82) is 0 Å². The molecule has 6 aromatic rings. The van der Waals surface area contributed by atoms with Crippen LogP contribution in [0.1, 0.15) is 22.6 Å². The van der Waals surface area contributed by atoms with Gasteiger partial charge in [-0.25, -0.2) is 14.5 Å². The Hall–Kier alpha value is -5.31. The molecule has 7 rings (SSSR count). The van der Waals surface area contributed by atoms with Crippen LogP contribution in [0.15, 0.2) is 79.1 Å². The first-order valence-electron chi connectivity index (χ1n) is 13.0. The summed E-state index contributed by atoms with van der Waals surface area (Å²) in [6.45, 7) is 0. The van der Waals surface area contributed by atoms with Gasteiger partial charge in [0.15, 0.2) is 34.5 Å². The van der Waals surface area contributed by atoms with Gasteiger partial charge in [-0.2, -0.15) is 0 Å². The first-order valence-corrected chi connectivity index (χ1v) is 13.0.